The maximum absolute atomic E-state index is 13.4. The SMILES string of the molecule is COc1cccc2sc(N(CCN(C)C)C(=O)Cc3c(C)cc(C)cc3C)nc12.Cl. The van der Waals surface area contributed by atoms with Crippen molar-refractivity contribution in [1.82, 2.24) is 9.88 Å². The van der Waals surface area contributed by atoms with Crippen molar-refractivity contribution >= 4 is 45.0 Å². The molecule has 2 aromatic carbocycles. The van der Waals surface area contributed by atoms with Crippen molar-refractivity contribution in [2.75, 3.05) is 39.2 Å². The number of carbonyl (C=O) groups excluding carboxylic acids is 1. The number of likely N-dealkylation sites (N-methyl/N-ethyl adjacent to an activating group) is 1. The zero-order chi connectivity index (χ0) is 21.1. The summed E-state index contributed by atoms with van der Waals surface area (Å²) in [5, 5.41) is 0.721. The molecule has 0 aliphatic heterocycles. The Balaban J connectivity index is 0.00000320. The number of halogens is 1. The van der Waals surface area contributed by atoms with Gasteiger partial charge in [-0.05, 0) is 63.7 Å². The molecule has 0 aliphatic rings. The van der Waals surface area contributed by atoms with E-state index in [2.05, 4.69) is 37.8 Å². The number of rotatable bonds is 7. The highest BCUT2D eigenvalue weighted by molar-refractivity contribution is 7.22. The van der Waals surface area contributed by atoms with Gasteiger partial charge in [-0.15, -0.1) is 12.4 Å². The lowest BCUT2D eigenvalue weighted by Crippen LogP contribution is -2.37. The molecule has 0 aliphatic carbocycles. The van der Waals surface area contributed by atoms with Gasteiger partial charge in [0.2, 0.25) is 5.91 Å². The van der Waals surface area contributed by atoms with E-state index in [4.69, 9.17) is 9.72 Å². The third-order valence-electron chi connectivity index (χ3n) is 5.06. The number of fused-ring (bicyclic) bond motifs is 1. The van der Waals surface area contributed by atoms with Crippen LogP contribution >= 0.6 is 23.7 Å². The molecule has 162 valence electrons. The van der Waals surface area contributed by atoms with Crippen molar-refractivity contribution in [2.45, 2.75) is 27.2 Å². The minimum absolute atomic E-state index is 0. The molecule has 0 saturated carbocycles. The number of para-hydroxylation sites is 1. The van der Waals surface area contributed by atoms with Gasteiger partial charge in [-0.3, -0.25) is 9.69 Å². The number of amides is 1. The van der Waals surface area contributed by atoms with Gasteiger partial charge < -0.3 is 9.64 Å². The van der Waals surface area contributed by atoms with Crippen molar-refractivity contribution in [3.63, 3.8) is 0 Å². The van der Waals surface area contributed by atoms with Gasteiger partial charge in [0.05, 0.1) is 18.2 Å². The van der Waals surface area contributed by atoms with Crippen LogP contribution in [0.4, 0.5) is 5.13 Å². The highest BCUT2D eigenvalue weighted by Crippen LogP contribution is 2.34. The van der Waals surface area contributed by atoms with E-state index in [1.54, 1.807) is 7.11 Å². The molecule has 30 heavy (non-hydrogen) atoms. The van der Waals surface area contributed by atoms with Crippen LogP contribution in [0.25, 0.3) is 10.2 Å². The van der Waals surface area contributed by atoms with Gasteiger partial charge in [-0.2, -0.15) is 0 Å². The van der Waals surface area contributed by atoms with E-state index in [0.29, 0.717) is 13.0 Å². The summed E-state index contributed by atoms with van der Waals surface area (Å²) in [6.45, 7) is 7.61. The fraction of sp³-hybridized carbons (Fsp3) is 0.391. The van der Waals surface area contributed by atoms with Crippen LogP contribution in [0.1, 0.15) is 22.3 Å². The molecule has 0 fully saturated rings. The van der Waals surface area contributed by atoms with Crippen LogP contribution in [0.2, 0.25) is 0 Å². The first-order valence-electron chi connectivity index (χ1n) is 9.75. The van der Waals surface area contributed by atoms with Gasteiger partial charge in [0.15, 0.2) is 5.13 Å². The highest BCUT2D eigenvalue weighted by atomic mass is 35.5. The summed E-state index contributed by atoms with van der Waals surface area (Å²) in [6, 6.07) is 10.2. The summed E-state index contributed by atoms with van der Waals surface area (Å²) in [7, 11) is 5.67. The number of hydrogen-bond acceptors (Lipinski definition) is 5. The molecule has 3 aromatic rings. The van der Waals surface area contributed by atoms with Gasteiger partial charge in [0.1, 0.15) is 11.3 Å². The second kappa shape index (κ2) is 10.2. The first-order chi connectivity index (χ1) is 13.8. The molecule has 1 aromatic heterocycles. The molecule has 1 amide bonds. The van der Waals surface area contributed by atoms with E-state index >= 15 is 0 Å². The third-order valence-corrected chi connectivity index (χ3v) is 6.11. The van der Waals surface area contributed by atoms with Crippen molar-refractivity contribution in [2.24, 2.45) is 0 Å². The molecule has 1 heterocycles. The van der Waals surface area contributed by atoms with Crippen LogP contribution in [0.3, 0.4) is 0 Å². The number of hydrogen-bond donors (Lipinski definition) is 0. The molecule has 0 N–H and O–H groups in total. The Morgan fingerprint density at radius 3 is 2.37 bits per heavy atom. The summed E-state index contributed by atoms with van der Waals surface area (Å²) < 4.78 is 6.47. The second-order valence-corrected chi connectivity index (χ2v) is 8.72. The summed E-state index contributed by atoms with van der Waals surface area (Å²) >= 11 is 1.53. The minimum Gasteiger partial charge on any atom is -0.494 e. The van der Waals surface area contributed by atoms with Crippen LogP contribution in [0.5, 0.6) is 5.75 Å². The molecule has 0 atom stereocenters. The lowest BCUT2D eigenvalue weighted by Gasteiger charge is -2.23. The molecule has 0 saturated heterocycles. The van der Waals surface area contributed by atoms with Gasteiger partial charge in [0.25, 0.3) is 0 Å². The third kappa shape index (κ3) is 5.31. The average Bonchev–Trinajstić information content (AvgIpc) is 3.08. The molecular formula is C23H30ClN3O2S. The fourth-order valence-corrected chi connectivity index (χ4v) is 4.58. The molecule has 0 radical (unpaired) electrons. The van der Waals surface area contributed by atoms with Crippen molar-refractivity contribution < 1.29 is 9.53 Å². The molecule has 3 rings (SSSR count). The quantitative estimate of drug-likeness (QED) is 0.522. The van der Waals surface area contributed by atoms with E-state index in [0.717, 1.165) is 44.3 Å². The van der Waals surface area contributed by atoms with Gasteiger partial charge >= 0.3 is 0 Å². The highest BCUT2D eigenvalue weighted by Gasteiger charge is 2.22. The topological polar surface area (TPSA) is 45.7 Å². The fourth-order valence-electron chi connectivity index (χ4n) is 3.55. The zero-order valence-electron chi connectivity index (χ0n) is 18.5. The summed E-state index contributed by atoms with van der Waals surface area (Å²) in [4.78, 5) is 22.1. The van der Waals surface area contributed by atoms with Crippen LogP contribution < -0.4 is 9.64 Å². The predicted octanol–water partition coefficient (Wildman–Crippen LogP) is 4.79. The summed E-state index contributed by atoms with van der Waals surface area (Å²) in [6.07, 6.45) is 0.373. The smallest absolute Gasteiger partial charge is 0.233 e. The van der Waals surface area contributed by atoms with E-state index in [1.165, 1.54) is 16.9 Å². The lowest BCUT2D eigenvalue weighted by molar-refractivity contribution is -0.118. The Labute approximate surface area is 189 Å². The first kappa shape index (κ1) is 24.1. The van der Waals surface area contributed by atoms with Crippen molar-refractivity contribution in [3.8, 4) is 5.75 Å². The maximum Gasteiger partial charge on any atom is 0.233 e. The van der Waals surface area contributed by atoms with Crippen molar-refractivity contribution in [3.05, 3.63) is 52.6 Å². The largest absolute Gasteiger partial charge is 0.494 e. The Morgan fingerprint density at radius 2 is 1.77 bits per heavy atom. The number of benzene rings is 2. The maximum atomic E-state index is 13.4. The second-order valence-electron chi connectivity index (χ2n) is 7.71. The molecule has 0 spiro atoms. The summed E-state index contributed by atoms with van der Waals surface area (Å²) in [5.74, 6) is 0.801. The van der Waals surface area contributed by atoms with Gasteiger partial charge in [-0.1, -0.05) is 35.1 Å². The standard InChI is InChI=1S/C23H29N3O2S.ClH/c1-15-12-16(2)18(17(3)13-15)14-21(27)26(11-10-25(4)5)23-24-22-19(28-6)8-7-9-20(22)29-23;/h7-9,12-13H,10-11,14H2,1-6H3;1H. The molecular weight excluding hydrogens is 418 g/mol. The van der Waals surface area contributed by atoms with Crippen LogP contribution in [-0.2, 0) is 11.2 Å². The molecule has 0 unspecified atom stereocenters. The number of carbonyl (C=O) groups is 1. The number of thiazole rings is 1. The number of anilines is 1. The lowest BCUT2D eigenvalue weighted by atomic mass is 9.97. The predicted molar refractivity (Wildman–Crippen MR) is 129 cm³/mol. The van der Waals surface area contributed by atoms with E-state index in [-0.39, 0.29) is 18.3 Å². The number of nitrogens with zero attached hydrogens (tertiary/aromatic N) is 3. The minimum atomic E-state index is 0. The van der Waals surface area contributed by atoms with Crippen LogP contribution in [0.15, 0.2) is 30.3 Å². The molecule has 0 bridgehead atoms. The van der Waals surface area contributed by atoms with Gasteiger partial charge in [-0.25, -0.2) is 4.98 Å². The van der Waals surface area contributed by atoms with E-state index in [9.17, 15) is 4.79 Å². The summed E-state index contributed by atoms with van der Waals surface area (Å²) in [5.41, 5.74) is 5.46. The van der Waals surface area contributed by atoms with E-state index in [1.807, 2.05) is 37.2 Å². The Bertz CT molecular complexity index is 1010. The normalized spacial score (nSPS) is 10.9. The zero-order valence-corrected chi connectivity index (χ0v) is 20.1. The van der Waals surface area contributed by atoms with E-state index < -0.39 is 0 Å². The Kier molecular flexibility index (Phi) is 8.24. The Morgan fingerprint density at radius 1 is 1.10 bits per heavy atom. The van der Waals surface area contributed by atoms with Crippen molar-refractivity contribution in [1.29, 1.82) is 0 Å². The van der Waals surface area contributed by atoms with Crippen LogP contribution in [0, 0.1) is 20.8 Å². The average molecular weight is 448 g/mol. The first-order valence-corrected chi connectivity index (χ1v) is 10.6. The number of methoxy groups -OCH3 is 1. The molecule has 7 heteroatoms. The van der Waals surface area contributed by atoms with Gasteiger partial charge in [0, 0.05) is 13.1 Å². The molecule has 5 nitrogen and oxygen atoms in total. The number of aromatic nitrogens is 1. The number of aryl methyl sites for hydroxylation is 3. The Hall–Kier alpha value is -2.15. The monoisotopic (exact) mass is 447 g/mol. The van der Waals surface area contributed by atoms with Crippen LogP contribution in [-0.4, -0.2) is 50.1 Å². The number of ether oxygens (including phenoxy) is 1.